The topological polar surface area (TPSA) is 66.4 Å². The van der Waals surface area contributed by atoms with E-state index < -0.39 is 11.5 Å². The van der Waals surface area contributed by atoms with E-state index in [9.17, 15) is 9.59 Å². The molecule has 4 nitrogen and oxygen atoms in total. The maximum atomic E-state index is 12.4. The van der Waals surface area contributed by atoms with Crippen LogP contribution in [0.25, 0.3) is 0 Å². The van der Waals surface area contributed by atoms with Crippen molar-refractivity contribution in [3.63, 3.8) is 0 Å². The molecule has 19 heavy (non-hydrogen) atoms. The standard InChI is InChI=1S/C15H27NO3/c1-3-7-12(8-4-2)14(19)16-15(11-13(17)18)9-5-6-10-15/h12H,3-11H2,1-2H3,(H,16,19)(H,17,18). The Morgan fingerprint density at radius 1 is 1.16 bits per heavy atom. The lowest BCUT2D eigenvalue weighted by atomic mass is 9.90. The van der Waals surface area contributed by atoms with Gasteiger partial charge in [-0.15, -0.1) is 0 Å². The van der Waals surface area contributed by atoms with Gasteiger partial charge < -0.3 is 10.4 Å². The Morgan fingerprint density at radius 3 is 2.11 bits per heavy atom. The molecule has 110 valence electrons. The molecule has 0 aliphatic heterocycles. The fourth-order valence-electron chi connectivity index (χ4n) is 3.15. The van der Waals surface area contributed by atoms with Gasteiger partial charge in [-0.2, -0.15) is 0 Å². The third-order valence-corrected chi connectivity index (χ3v) is 4.08. The Kier molecular flexibility index (Phi) is 6.32. The van der Waals surface area contributed by atoms with Crippen LogP contribution in [-0.4, -0.2) is 22.5 Å². The van der Waals surface area contributed by atoms with Crippen LogP contribution in [0.5, 0.6) is 0 Å². The molecule has 4 heteroatoms. The molecule has 1 aliphatic rings. The molecule has 0 heterocycles. The van der Waals surface area contributed by atoms with Gasteiger partial charge in [-0.3, -0.25) is 9.59 Å². The number of carbonyl (C=O) groups excluding carboxylic acids is 1. The fourth-order valence-corrected chi connectivity index (χ4v) is 3.15. The van der Waals surface area contributed by atoms with Gasteiger partial charge in [-0.05, 0) is 25.7 Å². The van der Waals surface area contributed by atoms with Gasteiger partial charge in [-0.1, -0.05) is 39.5 Å². The summed E-state index contributed by atoms with van der Waals surface area (Å²) in [5.74, 6) is -0.710. The first kappa shape index (κ1) is 16.0. The molecular weight excluding hydrogens is 242 g/mol. The molecule has 1 saturated carbocycles. The van der Waals surface area contributed by atoms with Crippen molar-refractivity contribution in [1.82, 2.24) is 5.32 Å². The second kappa shape index (κ2) is 7.51. The third kappa shape index (κ3) is 4.84. The largest absolute Gasteiger partial charge is 0.481 e. The molecule has 1 rings (SSSR count). The number of carboxylic acids is 1. The molecule has 0 aromatic rings. The van der Waals surface area contributed by atoms with E-state index in [-0.39, 0.29) is 18.2 Å². The maximum absolute atomic E-state index is 12.4. The second-order valence-electron chi connectivity index (χ2n) is 5.82. The molecule has 0 atom stereocenters. The number of carbonyl (C=O) groups is 2. The number of carboxylic acid groups (broad SMARTS) is 1. The summed E-state index contributed by atoms with van der Waals surface area (Å²) in [5.41, 5.74) is -0.483. The van der Waals surface area contributed by atoms with Crippen molar-refractivity contribution >= 4 is 11.9 Å². The molecule has 0 radical (unpaired) electrons. The van der Waals surface area contributed by atoms with Crippen molar-refractivity contribution < 1.29 is 14.7 Å². The predicted molar refractivity (Wildman–Crippen MR) is 74.9 cm³/mol. The Bertz CT molecular complexity index is 303. The van der Waals surface area contributed by atoms with Crippen LogP contribution in [0.3, 0.4) is 0 Å². The summed E-state index contributed by atoms with van der Waals surface area (Å²) in [6, 6.07) is 0. The Labute approximate surface area is 116 Å². The zero-order valence-corrected chi connectivity index (χ0v) is 12.2. The smallest absolute Gasteiger partial charge is 0.305 e. The highest BCUT2D eigenvalue weighted by Gasteiger charge is 2.38. The molecule has 1 fully saturated rings. The summed E-state index contributed by atoms with van der Waals surface area (Å²) in [6.07, 6.45) is 7.45. The maximum Gasteiger partial charge on any atom is 0.305 e. The van der Waals surface area contributed by atoms with Crippen LogP contribution in [0, 0.1) is 5.92 Å². The van der Waals surface area contributed by atoms with Crippen LogP contribution in [0.2, 0.25) is 0 Å². The van der Waals surface area contributed by atoms with Crippen LogP contribution >= 0.6 is 0 Å². The summed E-state index contributed by atoms with van der Waals surface area (Å²) >= 11 is 0. The van der Waals surface area contributed by atoms with Crippen molar-refractivity contribution in [2.45, 2.75) is 77.2 Å². The summed E-state index contributed by atoms with van der Waals surface area (Å²) in [6.45, 7) is 4.16. The average Bonchev–Trinajstić information content (AvgIpc) is 2.76. The van der Waals surface area contributed by atoms with Crippen molar-refractivity contribution in [3.05, 3.63) is 0 Å². The van der Waals surface area contributed by atoms with Crippen molar-refractivity contribution in [1.29, 1.82) is 0 Å². The van der Waals surface area contributed by atoms with E-state index in [1.165, 1.54) is 0 Å². The second-order valence-corrected chi connectivity index (χ2v) is 5.82. The number of hydrogen-bond acceptors (Lipinski definition) is 2. The molecule has 0 aromatic carbocycles. The minimum Gasteiger partial charge on any atom is -0.481 e. The molecule has 0 unspecified atom stereocenters. The van der Waals surface area contributed by atoms with Gasteiger partial charge in [0.15, 0.2) is 0 Å². The number of nitrogens with one attached hydrogen (secondary N) is 1. The highest BCUT2D eigenvalue weighted by Crippen LogP contribution is 2.33. The van der Waals surface area contributed by atoms with E-state index in [1.54, 1.807) is 0 Å². The quantitative estimate of drug-likeness (QED) is 0.711. The minimum atomic E-state index is -0.815. The highest BCUT2D eigenvalue weighted by atomic mass is 16.4. The lowest BCUT2D eigenvalue weighted by Crippen LogP contribution is -2.49. The zero-order valence-electron chi connectivity index (χ0n) is 12.2. The van der Waals surface area contributed by atoms with E-state index in [4.69, 9.17) is 5.11 Å². The highest BCUT2D eigenvalue weighted by molar-refractivity contribution is 5.80. The van der Waals surface area contributed by atoms with E-state index >= 15 is 0 Å². The van der Waals surface area contributed by atoms with Crippen molar-refractivity contribution in [2.75, 3.05) is 0 Å². The van der Waals surface area contributed by atoms with Crippen LogP contribution in [0.15, 0.2) is 0 Å². The van der Waals surface area contributed by atoms with Gasteiger partial charge in [0.1, 0.15) is 0 Å². The van der Waals surface area contributed by atoms with Gasteiger partial charge >= 0.3 is 5.97 Å². The van der Waals surface area contributed by atoms with Crippen LogP contribution in [-0.2, 0) is 9.59 Å². The van der Waals surface area contributed by atoms with E-state index in [0.29, 0.717) is 0 Å². The van der Waals surface area contributed by atoms with Gasteiger partial charge in [0, 0.05) is 5.92 Å². The summed E-state index contributed by atoms with van der Waals surface area (Å²) in [5, 5.41) is 12.1. The van der Waals surface area contributed by atoms with Crippen LogP contribution < -0.4 is 5.32 Å². The summed E-state index contributed by atoms with van der Waals surface area (Å²) in [7, 11) is 0. The molecular formula is C15H27NO3. The van der Waals surface area contributed by atoms with Crippen molar-refractivity contribution in [2.24, 2.45) is 5.92 Å². The van der Waals surface area contributed by atoms with Gasteiger partial charge in [0.25, 0.3) is 0 Å². The van der Waals surface area contributed by atoms with Crippen LogP contribution in [0.1, 0.15) is 71.6 Å². The SMILES string of the molecule is CCCC(CCC)C(=O)NC1(CC(=O)O)CCCC1. The van der Waals surface area contributed by atoms with E-state index in [1.807, 2.05) is 0 Å². The average molecular weight is 269 g/mol. The first-order valence-corrected chi connectivity index (χ1v) is 7.57. The number of aliphatic carboxylic acids is 1. The lowest BCUT2D eigenvalue weighted by Gasteiger charge is -2.31. The Balaban J connectivity index is 2.66. The van der Waals surface area contributed by atoms with E-state index in [2.05, 4.69) is 19.2 Å². The van der Waals surface area contributed by atoms with Gasteiger partial charge in [-0.25, -0.2) is 0 Å². The molecule has 1 aliphatic carbocycles. The number of rotatable bonds is 8. The number of amides is 1. The lowest BCUT2D eigenvalue weighted by molar-refractivity contribution is -0.139. The molecule has 0 spiro atoms. The monoisotopic (exact) mass is 269 g/mol. The first-order chi connectivity index (χ1) is 9.03. The summed E-state index contributed by atoms with van der Waals surface area (Å²) in [4.78, 5) is 23.4. The molecule has 0 saturated heterocycles. The van der Waals surface area contributed by atoms with Crippen LogP contribution in [0.4, 0.5) is 0 Å². The van der Waals surface area contributed by atoms with Gasteiger partial charge in [0.2, 0.25) is 5.91 Å². The first-order valence-electron chi connectivity index (χ1n) is 7.57. The normalized spacial score (nSPS) is 17.6. The third-order valence-electron chi connectivity index (χ3n) is 4.08. The van der Waals surface area contributed by atoms with Gasteiger partial charge in [0.05, 0.1) is 12.0 Å². The molecule has 0 bridgehead atoms. The van der Waals surface area contributed by atoms with Crippen molar-refractivity contribution in [3.8, 4) is 0 Å². The minimum absolute atomic E-state index is 0.0428. The molecule has 1 amide bonds. The predicted octanol–water partition coefficient (Wildman–Crippen LogP) is 3.11. The molecule has 0 aromatic heterocycles. The zero-order chi connectivity index (χ0) is 14.3. The molecule has 2 N–H and O–H groups in total. The van der Waals surface area contributed by atoms with E-state index in [0.717, 1.165) is 51.4 Å². The number of hydrogen-bond donors (Lipinski definition) is 2. The fraction of sp³-hybridized carbons (Fsp3) is 0.867. The summed E-state index contributed by atoms with van der Waals surface area (Å²) < 4.78 is 0. The Morgan fingerprint density at radius 2 is 1.68 bits per heavy atom. The Hall–Kier alpha value is -1.06.